The van der Waals surface area contributed by atoms with E-state index >= 15 is 0 Å². The van der Waals surface area contributed by atoms with Gasteiger partial charge in [-0.15, -0.1) is 17.0 Å². The summed E-state index contributed by atoms with van der Waals surface area (Å²) in [7, 11) is 0. The van der Waals surface area contributed by atoms with Gasteiger partial charge < -0.3 is 10.4 Å². The SMILES string of the molecule is Br.O=Cc1cc2c(cc1O)CNCC2. The molecule has 4 heteroatoms. The number of aldehydes is 1. The molecule has 0 atom stereocenters. The predicted octanol–water partition coefficient (Wildman–Crippen LogP) is 1.43. The molecule has 1 aromatic carbocycles. The Morgan fingerprint density at radius 2 is 2.14 bits per heavy atom. The Hall–Kier alpha value is -0.870. The number of benzene rings is 1. The molecule has 0 saturated heterocycles. The molecule has 3 nitrogen and oxygen atoms in total. The maximum Gasteiger partial charge on any atom is 0.153 e. The highest BCUT2D eigenvalue weighted by atomic mass is 79.9. The first-order valence-corrected chi connectivity index (χ1v) is 4.32. The summed E-state index contributed by atoms with van der Waals surface area (Å²) in [6, 6.07) is 3.45. The summed E-state index contributed by atoms with van der Waals surface area (Å²) in [6.07, 6.45) is 1.62. The van der Waals surface area contributed by atoms with Crippen LogP contribution in [0.4, 0.5) is 0 Å². The summed E-state index contributed by atoms with van der Waals surface area (Å²) in [4.78, 5) is 10.5. The average molecular weight is 258 g/mol. The molecule has 0 aromatic heterocycles. The summed E-state index contributed by atoms with van der Waals surface area (Å²) in [5.41, 5.74) is 2.65. The van der Waals surface area contributed by atoms with E-state index in [1.807, 2.05) is 0 Å². The van der Waals surface area contributed by atoms with E-state index in [0.29, 0.717) is 11.8 Å². The van der Waals surface area contributed by atoms with Gasteiger partial charge in [-0.2, -0.15) is 0 Å². The molecule has 2 rings (SSSR count). The minimum atomic E-state index is 0. The molecular formula is C10H12BrNO2. The molecule has 0 fully saturated rings. The molecule has 1 aliphatic heterocycles. The third-order valence-corrected chi connectivity index (χ3v) is 2.36. The maximum absolute atomic E-state index is 10.5. The summed E-state index contributed by atoms with van der Waals surface area (Å²) in [5, 5.41) is 12.6. The Balaban J connectivity index is 0.000000980. The van der Waals surface area contributed by atoms with Crippen molar-refractivity contribution in [2.75, 3.05) is 6.54 Å². The number of nitrogens with one attached hydrogen (secondary N) is 1. The number of phenolic OH excluding ortho intramolecular Hbond substituents is 1. The summed E-state index contributed by atoms with van der Waals surface area (Å²) < 4.78 is 0. The van der Waals surface area contributed by atoms with Gasteiger partial charge in [0.2, 0.25) is 0 Å². The highest BCUT2D eigenvalue weighted by molar-refractivity contribution is 8.93. The fraction of sp³-hybridized carbons (Fsp3) is 0.300. The van der Waals surface area contributed by atoms with E-state index in [0.717, 1.165) is 25.1 Å². The fourth-order valence-electron chi connectivity index (χ4n) is 1.63. The van der Waals surface area contributed by atoms with Crippen LogP contribution in [0.2, 0.25) is 0 Å². The molecule has 76 valence electrons. The van der Waals surface area contributed by atoms with Crippen LogP contribution in [0.3, 0.4) is 0 Å². The topological polar surface area (TPSA) is 49.3 Å². The van der Waals surface area contributed by atoms with Crippen molar-refractivity contribution in [2.45, 2.75) is 13.0 Å². The van der Waals surface area contributed by atoms with Crippen molar-refractivity contribution in [3.63, 3.8) is 0 Å². The van der Waals surface area contributed by atoms with E-state index in [9.17, 15) is 9.90 Å². The molecule has 0 spiro atoms. The Kier molecular flexibility index (Phi) is 3.66. The van der Waals surface area contributed by atoms with Gasteiger partial charge in [-0.05, 0) is 36.2 Å². The van der Waals surface area contributed by atoms with Gasteiger partial charge in [-0.1, -0.05) is 0 Å². The number of rotatable bonds is 1. The minimum Gasteiger partial charge on any atom is -0.507 e. The largest absolute Gasteiger partial charge is 0.507 e. The lowest BCUT2D eigenvalue weighted by Gasteiger charge is -2.17. The van der Waals surface area contributed by atoms with Crippen LogP contribution in [-0.4, -0.2) is 17.9 Å². The van der Waals surface area contributed by atoms with E-state index in [1.54, 1.807) is 12.1 Å². The van der Waals surface area contributed by atoms with Crippen molar-refractivity contribution < 1.29 is 9.90 Å². The van der Waals surface area contributed by atoms with Crippen LogP contribution in [0.25, 0.3) is 0 Å². The average Bonchev–Trinajstić information content (AvgIpc) is 2.17. The van der Waals surface area contributed by atoms with Crippen LogP contribution >= 0.6 is 17.0 Å². The predicted molar refractivity (Wildman–Crippen MR) is 59.2 cm³/mol. The molecule has 1 aliphatic rings. The number of carbonyl (C=O) groups excluding carboxylic acids is 1. The van der Waals surface area contributed by atoms with Crippen molar-refractivity contribution in [1.82, 2.24) is 5.32 Å². The third-order valence-electron chi connectivity index (χ3n) is 2.36. The summed E-state index contributed by atoms with van der Waals surface area (Å²) in [5.74, 6) is 0.0810. The van der Waals surface area contributed by atoms with Gasteiger partial charge in [0.05, 0.1) is 5.56 Å². The van der Waals surface area contributed by atoms with Crippen LogP contribution in [0.15, 0.2) is 12.1 Å². The molecule has 1 heterocycles. The highest BCUT2D eigenvalue weighted by Gasteiger charge is 2.11. The Morgan fingerprint density at radius 3 is 2.86 bits per heavy atom. The number of fused-ring (bicyclic) bond motifs is 1. The fourth-order valence-corrected chi connectivity index (χ4v) is 1.63. The summed E-state index contributed by atoms with van der Waals surface area (Å²) >= 11 is 0. The number of hydrogen-bond donors (Lipinski definition) is 2. The highest BCUT2D eigenvalue weighted by Crippen LogP contribution is 2.23. The molecular weight excluding hydrogens is 246 g/mol. The first-order chi connectivity index (χ1) is 6.31. The molecule has 2 N–H and O–H groups in total. The maximum atomic E-state index is 10.5. The number of hydrogen-bond acceptors (Lipinski definition) is 3. The van der Waals surface area contributed by atoms with Gasteiger partial charge >= 0.3 is 0 Å². The molecule has 0 aliphatic carbocycles. The number of phenols is 1. The van der Waals surface area contributed by atoms with Gasteiger partial charge in [0.15, 0.2) is 6.29 Å². The minimum absolute atomic E-state index is 0. The van der Waals surface area contributed by atoms with Crippen molar-refractivity contribution in [2.24, 2.45) is 0 Å². The standard InChI is InChI=1S/C10H11NO2.BrH/c12-6-9-3-7-1-2-11-5-8(7)4-10(9)13;/h3-4,6,11,13H,1-2,5H2;1H. The Bertz CT molecular complexity index is 352. The van der Waals surface area contributed by atoms with E-state index in [-0.39, 0.29) is 22.7 Å². The third kappa shape index (κ3) is 1.96. The molecule has 14 heavy (non-hydrogen) atoms. The van der Waals surface area contributed by atoms with E-state index in [2.05, 4.69) is 5.32 Å². The van der Waals surface area contributed by atoms with Crippen LogP contribution in [0.1, 0.15) is 21.5 Å². The van der Waals surface area contributed by atoms with Gasteiger partial charge in [0.1, 0.15) is 5.75 Å². The molecule has 0 radical (unpaired) electrons. The normalized spacial score (nSPS) is 14.0. The first kappa shape index (κ1) is 11.2. The quantitative estimate of drug-likeness (QED) is 0.749. The monoisotopic (exact) mass is 257 g/mol. The first-order valence-electron chi connectivity index (χ1n) is 4.32. The van der Waals surface area contributed by atoms with Gasteiger partial charge in [0.25, 0.3) is 0 Å². The van der Waals surface area contributed by atoms with Crippen LogP contribution < -0.4 is 5.32 Å². The van der Waals surface area contributed by atoms with Crippen LogP contribution in [-0.2, 0) is 13.0 Å². The van der Waals surface area contributed by atoms with Gasteiger partial charge in [-0.3, -0.25) is 4.79 Å². The second-order valence-corrected chi connectivity index (χ2v) is 3.22. The van der Waals surface area contributed by atoms with Crippen molar-refractivity contribution in [3.8, 4) is 5.75 Å². The molecule has 0 bridgehead atoms. The zero-order valence-corrected chi connectivity index (χ0v) is 9.33. The lowest BCUT2D eigenvalue weighted by molar-refractivity contribution is 0.112. The van der Waals surface area contributed by atoms with Gasteiger partial charge in [-0.25, -0.2) is 0 Å². The van der Waals surface area contributed by atoms with E-state index < -0.39 is 0 Å². The van der Waals surface area contributed by atoms with E-state index in [1.165, 1.54) is 5.56 Å². The number of aromatic hydroxyl groups is 1. The second-order valence-electron chi connectivity index (χ2n) is 3.22. The Labute approximate surface area is 92.9 Å². The lowest BCUT2D eigenvalue weighted by atomic mass is 9.98. The summed E-state index contributed by atoms with van der Waals surface area (Å²) in [6.45, 7) is 1.72. The molecule has 0 amide bonds. The van der Waals surface area contributed by atoms with Crippen LogP contribution in [0.5, 0.6) is 5.75 Å². The molecule has 0 saturated carbocycles. The molecule has 1 aromatic rings. The zero-order valence-electron chi connectivity index (χ0n) is 7.62. The van der Waals surface area contributed by atoms with Crippen molar-refractivity contribution in [3.05, 3.63) is 28.8 Å². The number of halogens is 1. The smallest absolute Gasteiger partial charge is 0.153 e. The lowest BCUT2D eigenvalue weighted by Crippen LogP contribution is -2.23. The van der Waals surface area contributed by atoms with Gasteiger partial charge in [0, 0.05) is 6.54 Å². The second kappa shape index (κ2) is 4.57. The van der Waals surface area contributed by atoms with Crippen LogP contribution in [0, 0.1) is 0 Å². The van der Waals surface area contributed by atoms with Crippen molar-refractivity contribution >= 4 is 23.3 Å². The Morgan fingerprint density at radius 1 is 1.36 bits per heavy atom. The van der Waals surface area contributed by atoms with E-state index in [4.69, 9.17) is 0 Å². The van der Waals surface area contributed by atoms with Crippen molar-refractivity contribution in [1.29, 1.82) is 0 Å². The number of carbonyl (C=O) groups is 1. The zero-order chi connectivity index (χ0) is 9.26. The molecule has 0 unspecified atom stereocenters.